The molecule has 2 heterocycles. The van der Waals surface area contributed by atoms with Crippen LogP contribution in [0, 0.1) is 0 Å². The number of benzene rings is 1. The fraction of sp³-hybridized carbons (Fsp3) is 0.333. The second-order valence-electron chi connectivity index (χ2n) is 4.68. The van der Waals surface area contributed by atoms with Gasteiger partial charge in [-0.05, 0) is 25.0 Å². The minimum absolute atomic E-state index is 0.386. The van der Waals surface area contributed by atoms with Gasteiger partial charge in [0.2, 0.25) is 0 Å². The van der Waals surface area contributed by atoms with Crippen molar-refractivity contribution in [2.24, 2.45) is 0 Å². The number of aromatic nitrogens is 2. The molecule has 1 aromatic heterocycles. The van der Waals surface area contributed by atoms with Crippen LogP contribution in [0.3, 0.4) is 0 Å². The molecule has 0 amide bonds. The predicted octanol–water partition coefficient (Wildman–Crippen LogP) is 2.52. The first-order valence-electron chi connectivity index (χ1n) is 6.64. The summed E-state index contributed by atoms with van der Waals surface area (Å²) in [7, 11) is 0. The van der Waals surface area contributed by atoms with E-state index in [9.17, 15) is 0 Å². The van der Waals surface area contributed by atoms with Crippen LogP contribution in [0.4, 0.5) is 5.82 Å². The lowest BCUT2D eigenvalue weighted by Crippen LogP contribution is -2.34. The van der Waals surface area contributed by atoms with E-state index in [4.69, 9.17) is 4.74 Å². The summed E-state index contributed by atoms with van der Waals surface area (Å²) < 4.78 is 5.85. The Labute approximate surface area is 113 Å². The zero-order chi connectivity index (χ0) is 12.9. The van der Waals surface area contributed by atoms with Crippen LogP contribution in [-0.2, 0) is 0 Å². The van der Waals surface area contributed by atoms with Gasteiger partial charge in [-0.2, -0.15) is 0 Å². The Morgan fingerprint density at radius 2 is 2.11 bits per heavy atom. The van der Waals surface area contributed by atoms with Crippen LogP contribution in [0.5, 0.6) is 5.75 Å². The van der Waals surface area contributed by atoms with Gasteiger partial charge in [0.1, 0.15) is 18.2 Å². The second-order valence-corrected chi connectivity index (χ2v) is 4.68. The van der Waals surface area contributed by atoms with E-state index in [0.29, 0.717) is 12.6 Å². The molecule has 1 aliphatic heterocycles. The average Bonchev–Trinajstić information content (AvgIpc) is 2.95. The van der Waals surface area contributed by atoms with Gasteiger partial charge in [0.05, 0.1) is 12.2 Å². The number of hydrogen-bond donors (Lipinski definition) is 0. The molecular formula is C15H17N3O. The third-order valence-electron chi connectivity index (χ3n) is 3.41. The quantitative estimate of drug-likeness (QED) is 0.841. The van der Waals surface area contributed by atoms with E-state index in [-0.39, 0.29) is 0 Å². The lowest BCUT2D eigenvalue weighted by molar-refractivity contribution is 0.288. The average molecular weight is 255 g/mol. The lowest BCUT2D eigenvalue weighted by Gasteiger charge is -2.25. The van der Waals surface area contributed by atoms with Crippen molar-refractivity contribution in [3.63, 3.8) is 0 Å². The highest BCUT2D eigenvalue weighted by Gasteiger charge is 2.26. The van der Waals surface area contributed by atoms with Gasteiger partial charge in [-0.1, -0.05) is 18.2 Å². The van der Waals surface area contributed by atoms with E-state index in [1.807, 2.05) is 36.5 Å². The van der Waals surface area contributed by atoms with Crippen molar-refractivity contribution in [3.05, 3.63) is 48.9 Å². The molecule has 98 valence electrons. The Morgan fingerprint density at radius 3 is 2.89 bits per heavy atom. The van der Waals surface area contributed by atoms with Gasteiger partial charge in [0.25, 0.3) is 0 Å². The molecule has 2 aromatic rings. The molecule has 1 saturated heterocycles. The zero-order valence-corrected chi connectivity index (χ0v) is 10.8. The zero-order valence-electron chi connectivity index (χ0n) is 10.8. The summed E-state index contributed by atoms with van der Waals surface area (Å²) in [6, 6.07) is 10.3. The van der Waals surface area contributed by atoms with Crippen LogP contribution in [-0.4, -0.2) is 29.2 Å². The minimum atomic E-state index is 0.386. The molecule has 0 spiro atoms. The maximum atomic E-state index is 5.85. The second kappa shape index (κ2) is 5.69. The molecule has 1 aromatic carbocycles. The molecule has 0 saturated carbocycles. The predicted molar refractivity (Wildman–Crippen MR) is 74.3 cm³/mol. The lowest BCUT2D eigenvalue weighted by atomic mass is 10.2. The van der Waals surface area contributed by atoms with Crippen molar-refractivity contribution in [3.8, 4) is 5.75 Å². The van der Waals surface area contributed by atoms with Crippen molar-refractivity contribution < 1.29 is 4.74 Å². The Bertz CT molecular complexity index is 503. The highest BCUT2D eigenvalue weighted by atomic mass is 16.5. The number of hydrogen-bond acceptors (Lipinski definition) is 4. The van der Waals surface area contributed by atoms with Crippen LogP contribution in [0.15, 0.2) is 48.9 Å². The molecule has 3 rings (SSSR count). The van der Waals surface area contributed by atoms with Crippen molar-refractivity contribution in [1.29, 1.82) is 0 Å². The highest BCUT2D eigenvalue weighted by molar-refractivity contribution is 5.38. The summed E-state index contributed by atoms with van der Waals surface area (Å²) >= 11 is 0. The first kappa shape index (κ1) is 12.0. The Morgan fingerprint density at radius 1 is 1.21 bits per heavy atom. The summed E-state index contributed by atoms with van der Waals surface area (Å²) in [5.74, 6) is 1.87. The Hall–Kier alpha value is -2.10. The smallest absolute Gasteiger partial charge is 0.147 e. The number of anilines is 1. The summed E-state index contributed by atoms with van der Waals surface area (Å²) in [5.41, 5.74) is 0. The normalized spacial score (nSPS) is 18.5. The largest absolute Gasteiger partial charge is 0.491 e. The van der Waals surface area contributed by atoms with E-state index >= 15 is 0 Å². The summed E-state index contributed by atoms with van der Waals surface area (Å²) in [6.45, 7) is 1.72. The maximum Gasteiger partial charge on any atom is 0.147 e. The van der Waals surface area contributed by atoms with Crippen molar-refractivity contribution in [1.82, 2.24) is 9.97 Å². The molecule has 0 radical (unpaired) electrons. The van der Waals surface area contributed by atoms with Crippen molar-refractivity contribution in [2.75, 3.05) is 18.1 Å². The van der Waals surface area contributed by atoms with E-state index < -0.39 is 0 Å². The Balaban J connectivity index is 1.64. The van der Waals surface area contributed by atoms with Crippen LogP contribution >= 0.6 is 0 Å². The van der Waals surface area contributed by atoms with Crippen molar-refractivity contribution >= 4 is 5.82 Å². The van der Waals surface area contributed by atoms with Crippen molar-refractivity contribution in [2.45, 2.75) is 18.9 Å². The fourth-order valence-electron chi connectivity index (χ4n) is 2.46. The maximum absolute atomic E-state index is 5.85. The van der Waals surface area contributed by atoms with Gasteiger partial charge < -0.3 is 9.64 Å². The third kappa shape index (κ3) is 2.84. The third-order valence-corrected chi connectivity index (χ3v) is 3.41. The van der Waals surface area contributed by atoms with Gasteiger partial charge in [-0.3, -0.25) is 4.98 Å². The van der Waals surface area contributed by atoms with E-state index in [0.717, 1.165) is 24.5 Å². The van der Waals surface area contributed by atoms with Gasteiger partial charge in [0.15, 0.2) is 0 Å². The first-order chi connectivity index (χ1) is 9.43. The molecule has 0 N–H and O–H groups in total. The SMILES string of the molecule is c1ccc(OC[C@H]2CCCN2c2cnccn2)cc1. The summed E-state index contributed by atoms with van der Waals surface area (Å²) in [6.07, 6.45) is 7.58. The van der Waals surface area contributed by atoms with Gasteiger partial charge in [-0.15, -0.1) is 0 Å². The Kier molecular flexibility index (Phi) is 3.58. The monoisotopic (exact) mass is 255 g/mol. The molecule has 0 aliphatic carbocycles. The van der Waals surface area contributed by atoms with Crippen LogP contribution in [0.1, 0.15) is 12.8 Å². The molecule has 4 nitrogen and oxygen atoms in total. The van der Waals surface area contributed by atoms with E-state index in [2.05, 4.69) is 14.9 Å². The van der Waals surface area contributed by atoms with Gasteiger partial charge in [-0.25, -0.2) is 4.98 Å². The number of rotatable bonds is 4. The summed E-state index contributed by atoms with van der Waals surface area (Å²) in [4.78, 5) is 10.8. The topological polar surface area (TPSA) is 38.2 Å². The van der Waals surface area contributed by atoms with Gasteiger partial charge >= 0.3 is 0 Å². The van der Waals surface area contributed by atoms with E-state index in [1.54, 1.807) is 12.4 Å². The fourth-order valence-corrected chi connectivity index (χ4v) is 2.46. The molecule has 4 heteroatoms. The molecule has 1 fully saturated rings. The molecular weight excluding hydrogens is 238 g/mol. The molecule has 0 unspecified atom stereocenters. The van der Waals surface area contributed by atoms with Gasteiger partial charge in [0, 0.05) is 18.9 Å². The molecule has 19 heavy (non-hydrogen) atoms. The minimum Gasteiger partial charge on any atom is -0.491 e. The number of ether oxygens (including phenoxy) is 1. The first-order valence-corrected chi connectivity index (χ1v) is 6.64. The standard InChI is InChI=1S/C15H17N3O/c1-2-6-14(7-3-1)19-12-13-5-4-10-18(13)15-11-16-8-9-17-15/h1-3,6-9,11,13H,4-5,10,12H2/t13-/m1/s1. The molecule has 0 bridgehead atoms. The van der Waals surface area contributed by atoms with E-state index in [1.165, 1.54) is 6.42 Å². The molecule has 1 aliphatic rings. The number of para-hydroxylation sites is 1. The highest BCUT2D eigenvalue weighted by Crippen LogP contribution is 2.23. The van der Waals surface area contributed by atoms with Crippen LogP contribution in [0.2, 0.25) is 0 Å². The number of nitrogens with zero attached hydrogens (tertiary/aromatic N) is 3. The van der Waals surface area contributed by atoms with Crippen LogP contribution in [0.25, 0.3) is 0 Å². The molecule has 1 atom stereocenters. The summed E-state index contributed by atoms with van der Waals surface area (Å²) in [5, 5.41) is 0. The van der Waals surface area contributed by atoms with Crippen LogP contribution < -0.4 is 9.64 Å².